The van der Waals surface area contributed by atoms with Crippen molar-refractivity contribution in [2.45, 2.75) is 64.6 Å². The van der Waals surface area contributed by atoms with E-state index in [-0.39, 0.29) is 16.3 Å². The molecule has 154 valence electrons. The number of thiazole rings is 1. The lowest BCUT2D eigenvalue weighted by atomic mass is 9.85. The summed E-state index contributed by atoms with van der Waals surface area (Å²) < 4.78 is 12.9. The average Bonchev–Trinajstić information content (AvgIpc) is 3.14. The molecule has 0 bridgehead atoms. The van der Waals surface area contributed by atoms with Crippen LogP contribution in [0.3, 0.4) is 0 Å². The highest BCUT2D eigenvalue weighted by Gasteiger charge is 2.49. The Labute approximate surface area is 164 Å². The number of esters is 1. The van der Waals surface area contributed by atoms with Gasteiger partial charge >= 0.3 is 10.8 Å². The largest absolute Gasteiger partial charge is 0.459 e. The number of nitrogens with zero attached hydrogens (tertiary/aromatic N) is 2. The molecule has 3 heterocycles. The fourth-order valence-corrected chi connectivity index (χ4v) is 4.53. The van der Waals surface area contributed by atoms with E-state index in [1.54, 1.807) is 13.8 Å². The Morgan fingerprint density at radius 2 is 2.21 bits per heavy atom. The third-order valence-electron chi connectivity index (χ3n) is 5.04. The first-order valence-electron chi connectivity index (χ1n) is 8.99. The number of aliphatic hydroxyl groups is 1. The number of H-pyrrole nitrogens is 1. The number of carbonyl (C=O) groups is 1. The van der Waals surface area contributed by atoms with E-state index in [1.165, 1.54) is 11.5 Å². The van der Waals surface area contributed by atoms with Gasteiger partial charge in [0.05, 0.1) is 12.2 Å². The molecule has 1 aliphatic rings. The lowest BCUT2D eigenvalue weighted by molar-refractivity contribution is -0.163. The van der Waals surface area contributed by atoms with Gasteiger partial charge in [-0.25, -0.2) is 0 Å². The first kappa shape index (κ1) is 20.5. The molecule has 0 amide bonds. The van der Waals surface area contributed by atoms with Gasteiger partial charge in [-0.1, -0.05) is 18.3 Å². The molecular weight excluding hydrogens is 388 g/mol. The number of aromatic amines is 1. The van der Waals surface area contributed by atoms with Crippen LogP contribution in [-0.2, 0) is 14.3 Å². The second-order valence-corrected chi connectivity index (χ2v) is 8.38. The van der Waals surface area contributed by atoms with Crippen molar-refractivity contribution in [1.29, 1.82) is 0 Å². The molecule has 2 aromatic rings. The lowest BCUT2D eigenvalue weighted by Gasteiger charge is -2.34. The number of aromatic nitrogens is 3. The Morgan fingerprint density at radius 1 is 1.54 bits per heavy atom. The van der Waals surface area contributed by atoms with E-state index in [4.69, 9.17) is 15.2 Å². The maximum absolute atomic E-state index is 12.7. The Morgan fingerprint density at radius 3 is 2.82 bits per heavy atom. The SMILES string of the molecule is CCC(O)[C@@H]1C[C@@H](C(C)(C)OC(C)=O)[C@H](n2c(=O)sc3c(=O)[nH]c(N)nc32)O1. The predicted molar refractivity (Wildman–Crippen MR) is 103 cm³/mol. The van der Waals surface area contributed by atoms with Crippen LogP contribution in [0.4, 0.5) is 5.95 Å². The maximum Gasteiger partial charge on any atom is 0.311 e. The third kappa shape index (κ3) is 3.56. The number of nitrogen functional groups attached to an aromatic ring is 1. The Kier molecular flexibility index (Phi) is 5.34. The number of hydrogen-bond acceptors (Lipinski definition) is 9. The van der Waals surface area contributed by atoms with E-state index in [0.29, 0.717) is 12.8 Å². The minimum absolute atomic E-state index is 0.108. The molecule has 2 aromatic heterocycles. The monoisotopic (exact) mass is 412 g/mol. The zero-order chi connectivity index (χ0) is 20.8. The van der Waals surface area contributed by atoms with Crippen LogP contribution in [0, 0.1) is 5.92 Å². The fourth-order valence-electron chi connectivity index (χ4n) is 3.69. The molecule has 11 heteroatoms. The van der Waals surface area contributed by atoms with Crippen LogP contribution in [-0.4, -0.2) is 43.4 Å². The third-order valence-corrected chi connectivity index (χ3v) is 5.98. The van der Waals surface area contributed by atoms with Gasteiger partial charge in [-0.3, -0.25) is 23.9 Å². The molecule has 1 saturated heterocycles. The number of anilines is 1. The van der Waals surface area contributed by atoms with Gasteiger partial charge in [0.15, 0.2) is 5.65 Å². The standard InChI is InChI=1S/C17H24N4O6S/c1-5-9(23)10-6-8(17(3,4)27-7(2)22)14(26-10)21-12-11(28-16(21)25)13(24)20-15(18)19-12/h8-10,14,23H,5-6H2,1-4H3,(H3,18,19,20,24)/t8-,9?,10+,14-/m1/s1. The van der Waals surface area contributed by atoms with E-state index >= 15 is 0 Å². The number of rotatable bonds is 5. The Bertz CT molecular complexity index is 1010. The highest BCUT2D eigenvalue weighted by atomic mass is 32.1. The van der Waals surface area contributed by atoms with Crippen LogP contribution in [0.25, 0.3) is 10.3 Å². The summed E-state index contributed by atoms with van der Waals surface area (Å²) in [6.07, 6.45) is -1.36. The summed E-state index contributed by atoms with van der Waals surface area (Å²) in [6.45, 7) is 6.58. The molecule has 0 radical (unpaired) electrons. The van der Waals surface area contributed by atoms with E-state index in [9.17, 15) is 19.5 Å². The molecule has 1 unspecified atom stereocenters. The van der Waals surface area contributed by atoms with Crippen molar-refractivity contribution in [1.82, 2.24) is 14.5 Å². The summed E-state index contributed by atoms with van der Waals surface area (Å²) in [7, 11) is 0. The van der Waals surface area contributed by atoms with Crippen LogP contribution in [0.1, 0.15) is 46.8 Å². The van der Waals surface area contributed by atoms with Gasteiger partial charge in [0.25, 0.3) is 5.56 Å². The van der Waals surface area contributed by atoms with E-state index in [2.05, 4.69) is 9.97 Å². The van der Waals surface area contributed by atoms with Crippen LogP contribution < -0.4 is 16.2 Å². The Hall–Kier alpha value is -2.24. The van der Waals surface area contributed by atoms with Gasteiger partial charge in [-0.15, -0.1) is 0 Å². The molecule has 3 rings (SSSR count). The Balaban J connectivity index is 2.15. The number of nitrogens with two attached hydrogens (primary N) is 1. The van der Waals surface area contributed by atoms with Crippen molar-refractivity contribution in [2.24, 2.45) is 5.92 Å². The van der Waals surface area contributed by atoms with Gasteiger partial charge < -0.3 is 20.3 Å². The van der Waals surface area contributed by atoms with Gasteiger partial charge in [-0.05, 0) is 26.7 Å². The van der Waals surface area contributed by atoms with Crippen molar-refractivity contribution >= 4 is 33.6 Å². The van der Waals surface area contributed by atoms with Crippen LogP contribution in [0.2, 0.25) is 0 Å². The molecule has 0 spiro atoms. The molecular formula is C17H24N4O6S. The lowest BCUT2D eigenvalue weighted by Crippen LogP contribution is -2.40. The van der Waals surface area contributed by atoms with Crippen molar-refractivity contribution in [3.05, 3.63) is 20.0 Å². The van der Waals surface area contributed by atoms with Gasteiger partial charge in [0.2, 0.25) is 5.95 Å². The molecule has 28 heavy (non-hydrogen) atoms. The number of carbonyl (C=O) groups excluding carboxylic acids is 1. The summed E-state index contributed by atoms with van der Waals surface area (Å²) in [5.74, 6) is -1.05. The van der Waals surface area contributed by atoms with Crippen LogP contribution in [0.5, 0.6) is 0 Å². The van der Waals surface area contributed by atoms with Crippen LogP contribution >= 0.6 is 11.3 Å². The number of ether oxygens (including phenoxy) is 2. The predicted octanol–water partition coefficient (Wildman–Crippen LogP) is 0.745. The highest BCUT2D eigenvalue weighted by molar-refractivity contribution is 7.16. The molecule has 0 aliphatic carbocycles. The minimum Gasteiger partial charge on any atom is -0.459 e. The number of fused-ring (bicyclic) bond motifs is 1. The van der Waals surface area contributed by atoms with E-state index in [1.807, 2.05) is 6.92 Å². The number of aliphatic hydroxyl groups excluding tert-OH is 1. The molecule has 1 aliphatic heterocycles. The van der Waals surface area contributed by atoms with E-state index in [0.717, 1.165) is 11.3 Å². The maximum atomic E-state index is 12.7. The van der Waals surface area contributed by atoms with Gasteiger partial charge in [-0.2, -0.15) is 4.98 Å². The molecule has 1 fully saturated rings. The van der Waals surface area contributed by atoms with Crippen molar-refractivity contribution < 1.29 is 19.4 Å². The van der Waals surface area contributed by atoms with Gasteiger partial charge in [0, 0.05) is 12.8 Å². The topological polar surface area (TPSA) is 150 Å². The summed E-state index contributed by atoms with van der Waals surface area (Å²) >= 11 is 0.738. The fraction of sp³-hybridized carbons (Fsp3) is 0.647. The minimum atomic E-state index is -0.987. The zero-order valence-corrected chi connectivity index (χ0v) is 16.9. The second kappa shape index (κ2) is 7.30. The quantitative estimate of drug-likeness (QED) is 0.609. The van der Waals surface area contributed by atoms with Crippen molar-refractivity contribution in [2.75, 3.05) is 5.73 Å². The molecule has 10 nitrogen and oxygen atoms in total. The first-order chi connectivity index (χ1) is 13.0. The first-order valence-corrected chi connectivity index (χ1v) is 9.80. The van der Waals surface area contributed by atoms with Gasteiger partial charge in [0.1, 0.15) is 16.5 Å². The van der Waals surface area contributed by atoms with E-state index < -0.39 is 46.4 Å². The molecule has 4 atom stereocenters. The highest BCUT2D eigenvalue weighted by Crippen LogP contribution is 2.44. The number of hydrogen-bond donors (Lipinski definition) is 3. The second-order valence-electron chi connectivity index (χ2n) is 7.42. The number of nitrogens with one attached hydrogen (secondary N) is 1. The van der Waals surface area contributed by atoms with Crippen molar-refractivity contribution in [3.8, 4) is 0 Å². The summed E-state index contributed by atoms with van der Waals surface area (Å²) in [6, 6.07) is 0. The molecule has 4 N–H and O–H groups in total. The summed E-state index contributed by atoms with van der Waals surface area (Å²) in [5, 5.41) is 10.3. The van der Waals surface area contributed by atoms with Crippen molar-refractivity contribution in [3.63, 3.8) is 0 Å². The zero-order valence-electron chi connectivity index (χ0n) is 16.1. The summed E-state index contributed by atoms with van der Waals surface area (Å²) in [4.78, 5) is 42.5. The average molecular weight is 412 g/mol. The molecule has 0 aromatic carbocycles. The van der Waals surface area contributed by atoms with Crippen LogP contribution in [0.15, 0.2) is 9.59 Å². The summed E-state index contributed by atoms with van der Waals surface area (Å²) in [5.41, 5.74) is 4.27. The molecule has 0 saturated carbocycles. The normalized spacial score (nSPS) is 23.8. The smallest absolute Gasteiger partial charge is 0.311 e.